The van der Waals surface area contributed by atoms with Crippen molar-refractivity contribution in [3.63, 3.8) is 0 Å². The minimum absolute atomic E-state index is 0.732. The molecular formula is C18H25ClN2O+2. The van der Waals surface area contributed by atoms with E-state index in [1.807, 2.05) is 24.3 Å². The summed E-state index contributed by atoms with van der Waals surface area (Å²) in [6.45, 7) is 7.17. The number of hydrogen-bond acceptors (Lipinski definition) is 1. The molecule has 0 aliphatic carbocycles. The Kier molecular flexibility index (Phi) is 5.54. The van der Waals surface area contributed by atoms with E-state index in [-0.39, 0.29) is 0 Å². The van der Waals surface area contributed by atoms with Crippen LogP contribution in [0, 0.1) is 0 Å². The molecule has 1 saturated heterocycles. The zero-order valence-corrected chi connectivity index (χ0v) is 13.7. The van der Waals surface area contributed by atoms with Crippen molar-refractivity contribution in [2.24, 2.45) is 0 Å². The first-order chi connectivity index (χ1) is 10.8. The van der Waals surface area contributed by atoms with Gasteiger partial charge < -0.3 is 15.0 Å². The van der Waals surface area contributed by atoms with Gasteiger partial charge in [0.05, 0.1) is 18.2 Å². The molecule has 0 atom stereocenters. The molecule has 1 aliphatic rings. The van der Waals surface area contributed by atoms with Gasteiger partial charge in [-0.15, -0.1) is 0 Å². The van der Waals surface area contributed by atoms with Crippen molar-refractivity contribution in [2.75, 3.05) is 39.3 Å². The van der Waals surface area contributed by atoms with E-state index in [0.29, 0.717) is 0 Å². The molecule has 1 fully saturated rings. The molecule has 2 aromatic rings. The molecule has 22 heavy (non-hydrogen) atoms. The molecule has 0 spiro atoms. The normalized spacial score (nSPS) is 16.0. The SMILES string of the molecule is Clc1c(OCCCC[NH+]2CC[NH2+]CC2)ccc2ccccc12. The number of rotatable bonds is 6. The highest BCUT2D eigenvalue weighted by Gasteiger charge is 2.14. The van der Waals surface area contributed by atoms with Gasteiger partial charge in [-0.25, -0.2) is 0 Å². The number of benzene rings is 2. The van der Waals surface area contributed by atoms with Crippen LogP contribution in [0.3, 0.4) is 0 Å². The number of fused-ring (bicyclic) bond motifs is 1. The van der Waals surface area contributed by atoms with Crippen molar-refractivity contribution in [1.82, 2.24) is 0 Å². The number of ether oxygens (including phenoxy) is 1. The molecule has 118 valence electrons. The Morgan fingerprint density at radius 3 is 2.73 bits per heavy atom. The van der Waals surface area contributed by atoms with Crippen LogP contribution in [0.15, 0.2) is 36.4 Å². The van der Waals surface area contributed by atoms with Gasteiger partial charge in [-0.3, -0.25) is 0 Å². The summed E-state index contributed by atoms with van der Waals surface area (Å²) in [6.07, 6.45) is 2.32. The monoisotopic (exact) mass is 320 g/mol. The summed E-state index contributed by atoms with van der Waals surface area (Å²) < 4.78 is 5.89. The fraction of sp³-hybridized carbons (Fsp3) is 0.444. The highest BCUT2D eigenvalue weighted by atomic mass is 35.5. The smallest absolute Gasteiger partial charge is 0.138 e. The van der Waals surface area contributed by atoms with Crippen molar-refractivity contribution < 1.29 is 15.0 Å². The van der Waals surface area contributed by atoms with E-state index in [2.05, 4.69) is 17.4 Å². The predicted molar refractivity (Wildman–Crippen MR) is 90.9 cm³/mol. The topological polar surface area (TPSA) is 30.3 Å². The van der Waals surface area contributed by atoms with Crippen molar-refractivity contribution in [1.29, 1.82) is 0 Å². The fourth-order valence-electron chi connectivity index (χ4n) is 3.12. The van der Waals surface area contributed by atoms with E-state index >= 15 is 0 Å². The molecule has 3 rings (SSSR count). The van der Waals surface area contributed by atoms with Gasteiger partial charge in [-0.05, 0) is 24.3 Å². The van der Waals surface area contributed by atoms with Crippen molar-refractivity contribution in [3.05, 3.63) is 41.4 Å². The lowest BCUT2D eigenvalue weighted by atomic mass is 10.1. The predicted octanol–water partition coefficient (Wildman–Crippen LogP) is 1.11. The Morgan fingerprint density at radius 2 is 1.86 bits per heavy atom. The molecule has 0 saturated carbocycles. The summed E-state index contributed by atoms with van der Waals surface area (Å²) in [7, 11) is 0. The molecule has 1 heterocycles. The first-order valence-corrected chi connectivity index (χ1v) is 8.67. The summed E-state index contributed by atoms with van der Waals surface area (Å²) in [4.78, 5) is 1.74. The maximum absolute atomic E-state index is 6.44. The molecule has 0 bridgehead atoms. The van der Waals surface area contributed by atoms with E-state index < -0.39 is 0 Å². The molecule has 3 N–H and O–H groups in total. The van der Waals surface area contributed by atoms with Crippen LogP contribution in [-0.4, -0.2) is 39.3 Å². The Morgan fingerprint density at radius 1 is 1.05 bits per heavy atom. The van der Waals surface area contributed by atoms with Gasteiger partial charge in [0.25, 0.3) is 0 Å². The summed E-state index contributed by atoms with van der Waals surface area (Å²) in [5.74, 6) is 0.806. The number of nitrogens with two attached hydrogens (primary N) is 1. The van der Waals surface area contributed by atoms with Crippen molar-refractivity contribution >= 4 is 22.4 Å². The Balaban J connectivity index is 1.46. The van der Waals surface area contributed by atoms with Crippen LogP contribution >= 0.6 is 11.6 Å². The number of nitrogens with one attached hydrogen (secondary N) is 1. The second-order valence-corrected chi connectivity index (χ2v) is 6.40. The summed E-state index contributed by atoms with van der Waals surface area (Å²) in [5.41, 5.74) is 0. The first-order valence-electron chi connectivity index (χ1n) is 8.30. The van der Waals surface area contributed by atoms with Crippen LogP contribution in [-0.2, 0) is 0 Å². The zero-order valence-electron chi connectivity index (χ0n) is 13.0. The highest BCUT2D eigenvalue weighted by molar-refractivity contribution is 6.37. The highest BCUT2D eigenvalue weighted by Crippen LogP contribution is 2.32. The maximum Gasteiger partial charge on any atom is 0.138 e. The molecule has 4 heteroatoms. The third-order valence-electron chi connectivity index (χ3n) is 4.41. The Labute approximate surface area is 137 Å². The first kappa shape index (κ1) is 15.6. The third-order valence-corrected chi connectivity index (χ3v) is 4.80. The minimum Gasteiger partial charge on any atom is -0.492 e. The molecule has 0 radical (unpaired) electrons. The number of halogens is 1. The van der Waals surface area contributed by atoms with Crippen LogP contribution in [0.2, 0.25) is 5.02 Å². The molecule has 1 aliphatic heterocycles. The fourth-order valence-corrected chi connectivity index (χ4v) is 3.41. The van der Waals surface area contributed by atoms with Gasteiger partial charge in [-0.2, -0.15) is 0 Å². The molecule has 0 unspecified atom stereocenters. The Bertz CT molecular complexity index is 611. The maximum atomic E-state index is 6.44. The van der Waals surface area contributed by atoms with Gasteiger partial charge >= 0.3 is 0 Å². The molecule has 3 nitrogen and oxygen atoms in total. The van der Waals surface area contributed by atoms with Crippen LogP contribution in [0.1, 0.15) is 12.8 Å². The third kappa shape index (κ3) is 3.92. The number of unbranched alkanes of at least 4 members (excludes halogenated alkanes) is 1. The van der Waals surface area contributed by atoms with Crippen LogP contribution < -0.4 is 15.0 Å². The number of piperazine rings is 1. The lowest BCUT2D eigenvalue weighted by molar-refractivity contribution is -0.946. The average molecular weight is 321 g/mol. The van der Waals surface area contributed by atoms with Crippen LogP contribution in [0.5, 0.6) is 5.75 Å². The second kappa shape index (κ2) is 7.82. The standard InChI is InChI=1S/C18H23ClN2O/c19-18-16-6-2-1-5-15(16)7-8-17(18)22-14-4-3-11-21-12-9-20-10-13-21/h1-2,5-8,20H,3-4,9-14H2/p+2. The van der Waals surface area contributed by atoms with Gasteiger partial charge in [0.15, 0.2) is 0 Å². The molecule has 0 aromatic heterocycles. The lowest BCUT2D eigenvalue weighted by Gasteiger charge is -2.22. The molecule has 2 aromatic carbocycles. The summed E-state index contributed by atoms with van der Waals surface area (Å²) in [6, 6.07) is 12.2. The number of hydrogen-bond donors (Lipinski definition) is 2. The lowest BCUT2D eigenvalue weighted by Crippen LogP contribution is -3.20. The number of quaternary nitrogens is 2. The second-order valence-electron chi connectivity index (χ2n) is 6.02. The van der Waals surface area contributed by atoms with Gasteiger partial charge in [0, 0.05) is 5.39 Å². The average Bonchev–Trinajstić information content (AvgIpc) is 2.58. The van der Waals surface area contributed by atoms with E-state index in [1.54, 1.807) is 4.90 Å². The van der Waals surface area contributed by atoms with E-state index in [1.165, 1.54) is 39.1 Å². The zero-order chi connectivity index (χ0) is 15.2. The van der Waals surface area contributed by atoms with Crippen molar-refractivity contribution in [3.8, 4) is 5.75 Å². The van der Waals surface area contributed by atoms with Gasteiger partial charge in [0.2, 0.25) is 0 Å². The van der Waals surface area contributed by atoms with E-state index in [4.69, 9.17) is 16.3 Å². The molecular weight excluding hydrogens is 296 g/mol. The van der Waals surface area contributed by atoms with Crippen LogP contribution in [0.4, 0.5) is 0 Å². The Hall–Kier alpha value is -1.29. The minimum atomic E-state index is 0.732. The largest absolute Gasteiger partial charge is 0.492 e. The molecule has 0 amide bonds. The summed E-state index contributed by atoms with van der Waals surface area (Å²) in [5, 5.41) is 5.37. The van der Waals surface area contributed by atoms with E-state index in [9.17, 15) is 0 Å². The van der Waals surface area contributed by atoms with Crippen molar-refractivity contribution in [2.45, 2.75) is 12.8 Å². The van der Waals surface area contributed by atoms with Crippen LogP contribution in [0.25, 0.3) is 10.8 Å². The summed E-state index contributed by atoms with van der Waals surface area (Å²) >= 11 is 6.44. The van der Waals surface area contributed by atoms with E-state index in [0.717, 1.165) is 34.6 Å². The van der Waals surface area contributed by atoms with Gasteiger partial charge in [0.1, 0.15) is 31.9 Å². The quantitative estimate of drug-likeness (QED) is 0.768. The van der Waals surface area contributed by atoms with Gasteiger partial charge in [-0.1, -0.05) is 41.9 Å².